The second kappa shape index (κ2) is 34.5. The van der Waals surface area contributed by atoms with Crippen LogP contribution >= 0.6 is 0 Å². The van der Waals surface area contributed by atoms with Gasteiger partial charge in [0.05, 0.1) is 0 Å². The molecule has 0 fully saturated rings. The van der Waals surface area contributed by atoms with Crippen LogP contribution in [0.1, 0.15) is 120 Å². The number of imide groups is 1. The molecule has 1 heterocycles. The lowest BCUT2D eigenvalue weighted by atomic mass is 10.1. The van der Waals surface area contributed by atoms with E-state index in [0.29, 0.717) is 98.9 Å². The van der Waals surface area contributed by atoms with Crippen LogP contribution in [0, 0.1) is 0 Å². The lowest BCUT2D eigenvalue weighted by Gasteiger charge is -2.15. The molecule has 1 aliphatic rings. The number of nitrogens with one attached hydrogen (secondary N) is 4. The van der Waals surface area contributed by atoms with Crippen molar-refractivity contribution in [1.82, 2.24) is 41.4 Å². The van der Waals surface area contributed by atoms with Gasteiger partial charge >= 0.3 is 11.9 Å². The van der Waals surface area contributed by atoms with E-state index in [1.807, 2.05) is 0 Å². The van der Waals surface area contributed by atoms with Gasteiger partial charge in [-0.2, -0.15) is 0 Å². The number of esters is 2. The molecule has 9 amide bonds. The maximum Gasteiger partial charge on any atom is 0.333 e. The van der Waals surface area contributed by atoms with Crippen LogP contribution in [0.2, 0.25) is 0 Å². The molecule has 0 unspecified atom stereocenters. The van der Waals surface area contributed by atoms with Gasteiger partial charge in [-0.05, 0) is 95.2 Å². The van der Waals surface area contributed by atoms with Crippen LogP contribution in [0.15, 0.2) is 36.4 Å². The maximum absolute atomic E-state index is 12.6. The summed E-state index contributed by atoms with van der Waals surface area (Å²) < 4.78 is 10.2. The fourth-order valence-electron chi connectivity index (χ4n) is 6.47. The Kier molecular flexibility index (Phi) is 29.3. The first-order valence-electron chi connectivity index (χ1n) is 23.7. The van der Waals surface area contributed by atoms with Crippen LogP contribution in [0.25, 0.3) is 0 Å². The molecule has 0 aliphatic carbocycles. The summed E-state index contributed by atoms with van der Waals surface area (Å²) >= 11 is 0. The molecule has 2 rings (SSSR count). The Bertz CT molecular complexity index is 1980. The Labute approximate surface area is 411 Å². The van der Waals surface area contributed by atoms with Gasteiger partial charge in [-0.15, -0.1) is 0 Å². The van der Waals surface area contributed by atoms with E-state index in [-0.39, 0.29) is 94.6 Å². The molecule has 0 radical (unpaired) electrons. The van der Waals surface area contributed by atoms with Crippen molar-refractivity contribution in [2.75, 3.05) is 59.0 Å². The van der Waals surface area contributed by atoms with Crippen molar-refractivity contribution in [2.45, 2.75) is 116 Å². The van der Waals surface area contributed by atoms with Crippen LogP contribution in [-0.2, 0) is 52.7 Å². The van der Waals surface area contributed by atoms with Gasteiger partial charge in [-0.3, -0.25) is 63.7 Å². The molecule has 71 heavy (non-hydrogen) atoms. The zero-order chi connectivity index (χ0) is 52.6. The zero-order valence-corrected chi connectivity index (χ0v) is 40.2. The van der Waals surface area contributed by atoms with E-state index >= 15 is 0 Å². The molecule has 9 N–H and O–H groups in total. The highest BCUT2D eigenvalue weighted by Crippen LogP contribution is 2.14. The molecule has 0 saturated carbocycles. The van der Waals surface area contributed by atoms with Crippen LogP contribution in [0.5, 0.6) is 5.75 Å². The van der Waals surface area contributed by atoms with Gasteiger partial charge in [-0.1, -0.05) is 6.07 Å². The average Bonchev–Trinajstić information content (AvgIpc) is 3.67. The number of ether oxygens (including phenoxy) is 2. The van der Waals surface area contributed by atoms with Crippen LogP contribution in [0.3, 0.4) is 0 Å². The SMILES string of the molecule is CC(=O)N(O)CCCCCNC(=O)CCC(=O)N(O)CCCCCNC(=O)CCC(=O)N(O)CCCCCNC(=O)COc1cccc(C(=O)NCC(=O)OC(=O)[C@H](N)CCCCN2C(=O)C=CC2=O)c1. The summed E-state index contributed by atoms with van der Waals surface area (Å²) in [5.41, 5.74) is 5.89. The number of hydrogen-bond donors (Lipinski definition) is 8. The second-order valence-corrected chi connectivity index (χ2v) is 16.5. The Morgan fingerprint density at radius 3 is 1.66 bits per heavy atom. The first-order valence-corrected chi connectivity index (χ1v) is 23.7. The van der Waals surface area contributed by atoms with Gasteiger partial charge in [0.15, 0.2) is 6.61 Å². The number of nitrogens with two attached hydrogens (primary N) is 1. The van der Waals surface area contributed by atoms with Gasteiger partial charge in [0.2, 0.25) is 29.5 Å². The van der Waals surface area contributed by atoms with Crippen molar-refractivity contribution in [3.63, 3.8) is 0 Å². The Morgan fingerprint density at radius 1 is 0.634 bits per heavy atom. The first kappa shape index (κ1) is 60.3. The summed E-state index contributed by atoms with van der Waals surface area (Å²) in [6, 6.07) is 4.67. The fourth-order valence-corrected chi connectivity index (χ4v) is 6.47. The molecule has 0 saturated heterocycles. The largest absolute Gasteiger partial charge is 0.484 e. The molecule has 0 bridgehead atoms. The van der Waals surface area contributed by atoms with Crippen LogP contribution < -0.4 is 31.7 Å². The molecule has 25 nitrogen and oxygen atoms in total. The van der Waals surface area contributed by atoms with Crippen LogP contribution in [-0.4, -0.2) is 166 Å². The third-order valence-corrected chi connectivity index (χ3v) is 10.6. The Balaban J connectivity index is 1.47. The van der Waals surface area contributed by atoms with Gasteiger partial charge in [0.25, 0.3) is 23.6 Å². The minimum atomic E-state index is -1.13. The van der Waals surface area contributed by atoms with E-state index < -0.39 is 65.9 Å². The second-order valence-electron chi connectivity index (χ2n) is 16.5. The molecular formula is C46H69N9O16. The number of hydrogen-bond acceptors (Lipinski definition) is 17. The molecule has 25 heteroatoms. The van der Waals surface area contributed by atoms with Gasteiger partial charge in [0.1, 0.15) is 18.3 Å². The molecule has 1 atom stereocenters. The molecule has 0 aromatic heterocycles. The summed E-state index contributed by atoms with van der Waals surface area (Å²) in [4.78, 5) is 133. The normalized spacial score (nSPS) is 12.2. The van der Waals surface area contributed by atoms with Crippen molar-refractivity contribution in [3.05, 3.63) is 42.0 Å². The van der Waals surface area contributed by atoms with E-state index in [4.69, 9.17) is 15.2 Å². The fraction of sp³-hybridized carbons (Fsp3) is 0.587. The summed E-state index contributed by atoms with van der Waals surface area (Å²) in [5.74, 6) is -6.16. The highest BCUT2D eigenvalue weighted by atomic mass is 16.6. The molecule has 1 aliphatic heterocycles. The molecular weight excluding hydrogens is 935 g/mol. The summed E-state index contributed by atoms with van der Waals surface area (Å²) in [6.07, 6.45) is 7.67. The van der Waals surface area contributed by atoms with Crippen molar-refractivity contribution in [2.24, 2.45) is 5.73 Å². The lowest BCUT2D eigenvalue weighted by molar-refractivity contribution is -0.166. The lowest BCUT2D eigenvalue weighted by Crippen LogP contribution is -2.37. The van der Waals surface area contributed by atoms with E-state index in [0.717, 1.165) is 4.90 Å². The number of benzene rings is 1. The predicted molar refractivity (Wildman–Crippen MR) is 248 cm³/mol. The number of nitrogens with zero attached hydrogens (tertiary/aromatic N) is 4. The number of carbonyl (C=O) groups excluding carboxylic acids is 11. The molecule has 0 spiro atoms. The van der Waals surface area contributed by atoms with E-state index in [9.17, 15) is 68.4 Å². The highest BCUT2D eigenvalue weighted by Gasteiger charge is 2.24. The predicted octanol–water partition coefficient (Wildman–Crippen LogP) is 0.381. The van der Waals surface area contributed by atoms with E-state index in [1.165, 1.54) is 43.3 Å². The van der Waals surface area contributed by atoms with Crippen LogP contribution in [0.4, 0.5) is 0 Å². The summed E-state index contributed by atoms with van der Waals surface area (Å²) in [6.45, 7) is 1.68. The third kappa shape index (κ3) is 26.7. The minimum Gasteiger partial charge on any atom is -0.484 e. The van der Waals surface area contributed by atoms with Gasteiger partial charge in [-0.25, -0.2) is 24.8 Å². The van der Waals surface area contributed by atoms with E-state index in [2.05, 4.69) is 21.3 Å². The topological polar surface area (TPSA) is 354 Å². The minimum absolute atomic E-state index is 0.0256. The van der Waals surface area contributed by atoms with Gasteiger partial charge in [0, 0.05) is 96.1 Å². The number of unbranched alkanes of at least 4 members (excludes halogenated alkanes) is 7. The summed E-state index contributed by atoms with van der Waals surface area (Å²) in [5, 5.41) is 41.5. The number of carbonyl (C=O) groups is 11. The third-order valence-electron chi connectivity index (χ3n) is 10.6. The smallest absolute Gasteiger partial charge is 0.333 e. The monoisotopic (exact) mass is 1000 g/mol. The average molecular weight is 1000 g/mol. The zero-order valence-electron chi connectivity index (χ0n) is 40.2. The molecule has 1 aromatic rings. The highest BCUT2D eigenvalue weighted by molar-refractivity contribution is 6.12. The van der Waals surface area contributed by atoms with Crippen molar-refractivity contribution >= 4 is 65.1 Å². The first-order chi connectivity index (χ1) is 33.9. The number of rotatable bonds is 36. The number of amides is 9. The summed E-state index contributed by atoms with van der Waals surface area (Å²) in [7, 11) is 0. The number of hydroxylamine groups is 6. The Morgan fingerprint density at radius 2 is 1.14 bits per heavy atom. The quantitative estimate of drug-likeness (QED) is 0.0112. The Hall–Kier alpha value is -6.83. The molecule has 394 valence electrons. The maximum atomic E-state index is 12.6. The van der Waals surface area contributed by atoms with Gasteiger partial charge < -0.3 is 36.5 Å². The van der Waals surface area contributed by atoms with Crippen molar-refractivity contribution in [1.29, 1.82) is 0 Å². The van der Waals surface area contributed by atoms with Crippen molar-refractivity contribution < 1.29 is 77.8 Å². The molecule has 1 aromatic carbocycles. The van der Waals surface area contributed by atoms with E-state index in [1.54, 1.807) is 0 Å². The standard InChI is InChI=1S/C46H69N9O16/c1-33(56)53(67)27-9-2-6-23-48-37(57)17-19-42(62)54(68)28-10-3-7-24-49-38(58)18-20-43(63)55(69)29-11-4-8-25-50-39(59)32-70-35-15-13-14-34(30-35)45(65)51-31-44(64)71-46(66)36(47)16-5-12-26-52-40(60)21-22-41(52)61/h13-15,21-22,30,36,67-69H,2-12,16-20,23-29,31-32,47H2,1H3,(H,48,57)(H,49,58)(H,50,59)(H,51,65)/t36-/m1/s1. The van der Waals surface area contributed by atoms with Crippen molar-refractivity contribution in [3.8, 4) is 5.75 Å².